The fourth-order valence-corrected chi connectivity index (χ4v) is 2.89. The number of rotatable bonds is 9. The number of carbonyl (C=O) groups excluding carboxylic acids is 1. The van der Waals surface area contributed by atoms with Gasteiger partial charge in [-0.3, -0.25) is 4.79 Å². The molecule has 3 aromatic carbocycles. The lowest BCUT2D eigenvalue weighted by Gasteiger charge is -2.11. The van der Waals surface area contributed by atoms with Crippen LogP contribution in [0.1, 0.15) is 22.3 Å². The van der Waals surface area contributed by atoms with Crippen LogP contribution < -0.4 is 14.8 Å². The molecule has 160 valence electrons. The van der Waals surface area contributed by atoms with Crippen molar-refractivity contribution in [2.45, 2.75) is 20.5 Å². The molecule has 1 amide bonds. The molecular weight excluding hydrogens is 392 g/mol. The number of nitrogens with zero attached hydrogens (tertiary/aromatic N) is 1. The van der Waals surface area contributed by atoms with Gasteiger partial charge in [-0.05, 0) is 54.8 Å². The molecule has 0 radical (unpaired) electrons. The summed E-state index contributed by atoms with van der Waals surface area (Å²) in [5.74, 6) is 0.956. The number of ether oxygens (including phenoxy) is 2. The van der Waals surface area contributed by atoms with Crippen LogP contribution in [0.2, 0.25) is 0 Å². The number of nitrogens with one attached hydrogen (secondary N) is 1. The van der Waals surface area contributed by atoms with E-state index < -0.39 is 0 Å². The van der Waals surface area contributed by atoms with Crippen LogP contribution in [0, 0.1) is 13.8 Å². The van der Waals surface area contributed by atoms with Crippen LogP contribution in [0.25, 0.3) is 0 Å². The minimum Gasteiger partial charge on any atom is -0.493 e. The summed E-state index contributed by atoms with van der Waals surface area (Å²) in [7, 11) is 1.58. The molecule has 0 aromatic heterocycles. The molecule has 0 aliphatic carbocycles. The summed E-state index contributed by atoms with van der Waals surface area (Å²) in [4.78, 5) is 17.2. The third-order valence-corrected chi connectivity index (χ3v) is 4.78. The highest BCUT2D eigenvalue weighted by molar-refractivity contribution is 5.92. The normalized spacial score (nSPS) is 10.7. The molecule has 31 heavy (non-hydrogen) atoms. The average Bonchev–Trinajstić information content (AvgIpc) is 2.79. The van der Waals surface area contributed by atoms with Crippen LogP contribution in [-0.2, 0) is 16.2 Å². The Labute approximate surface area is 182 Å². The summed E-state index contributed by atoms with van der Waals surface area (Å²) >= 11 is 0. The first-order valence-corrected chi connectivity index (χ1v) is 9.93. The Morgan fingerprint density at radius 1 is 1.00 bits per heavy atom. The number of carbonyl (C=O) groups is 1. The van der Waals surface area contributed by atoms with E-state index in [0.29, 0.717) is 18.1 Å². The van der Waals surface area contributed by atoms with E-state index in [1.165, 1.54) is 6.21 Å². The highest BCUT2D eigenvalue weighted by atomic mass is 16.6. The highest BCUT2D eigenvalue weighted by Gasteiger charge is 2.07. The number of hydrogen-bond acceptors (Lipinski definition) is 5. The van der Waals surface area contributed by atoms with Gasteiger partial charge in [0, 0.05) is 11.3 Å². The topological polar surface area (TPSA) is 69.2 Å². The van der Waals surface area contributed by atoms with Gasteiger partial charge in [-0.1, -0.05) is 47.6 Å². The quantitative estimate of drug-likeness (QED) is 0.397. The monoisotopic (exact) mass is 418 g/mol. The predicted molar refractivity (Wildman–Crippen MR) is 122 cm³/mol. The third-order valence-electron chi connectivity index (χ3n) is 4.78. The van der Waals surface area contributed by atoms with Crippen molar-refractivity contribution in [3.05, 3.63) is 89.0 Å². The van der Waals surface area contributed by atoms with E-state index in [4.69, 9.17) is 14.3 Å². The summed E-state index contributed by atoms with van der Waals surface area (Å²) in [5.41, 5.74) is 4.75. The van der Waals surface area contributed by atoms with Gasteiger partial charge in [-0.15, -0.1) is 0 Å². The molecule has 3 aromatic rings. The molecule has 0 aliphatic heterocycles. The zero-order valence-corrected chi connectivity index (χ0v) is 17.9. The van der Waals surface area contributed by atoms with Gasteiger partial charge in [-0.2, -0.15) is 0 Å². The Morgan fingerprint density at radius 2 is 1.81 bits per heavy atom. The highest BCUT2D eigenvalue weighted by Crippen LogP contribution is 2.28. The largest absolute Gasteiger partial charge is 0.493 e. The van der Waals surface area contributed by atoms with E-state index in [1.807, 2.05) is 74.5 Å². The summed E-state index contributed by atoms with van der Waals surface area (Å²) in [6.45, 7) is 4.23. The van der Waals surface area contributed by atoms with Crippen molar-refractivity contribution < 1.29 is 19.1 Å². The number of hydrogen-bond donors (Lipinski definition) is 1. The fourth-order valence-electron chi connectivity index (χ4n) is 2.89. The molecule has 0 unspecified atom stereocenters. The minimum absolute atomic E-state index is 0.181. The Hall–Kier alpha value is -3.80. The first-order valence-electron chi connectivity index (χ1n) is 9.93. The van der Waals surface area contributed by atoms with Gasteiger partial charge in [0.1, 0.15) is 6.61 Å². The van der Waals surface area contributed by atoms with Crippen molar-refractivity contribution in [1.82, 2.24) is 0 Å². The lowest BCUT2D eigenvalue weighted by molar-refractivity contribution is -0.120. The second-order valence-electron chi connectivity index (χ2n) is 6.99. The van der Waals surface area contributed by atoms with Crippen LogP contribution in [-0.4, -0.2) is 25.8 Å². The summed E-state index contributed by atoms with van der Waals surface area (Å²) in [5, 5.41) is 6.71. The molecule has 0 saturated carbocycles. The molecule has 0 saturated heterocycles. The second-order valence-corrected chi connectivity index (χ2v) is 6.99. The Balaban J connectivity index is 1.52. The number of oxime groups is 1. The minimum atomic E-state index is -0.270. The van der Waals surface area contributed by atoms with E-state index in [-0.39, 0.29) is 12.5 Å². The van der Waals surface area contributed by atoms with Gasteiger partial charge < -0.3 is 19.6 Å². The van der Waals surface area contributed by atoms with Gasteiger partial charge in [0.05, 0.1) is 13.3 Å². The number of benzene rings is 3. The van der Waals surface area contributed by atoms with E-state index in [2.05, 4.69) is 10.5 Å². The van der Waals surface area contributed by atoms with Crippen LogP contribution in [0.15, 0.2) is 71.9 Å². The third kappa shape index (κ3) is 6.34. The maximum atomic E-state index is 12.1. The molecule has 0 spiro atoms. The van der Waals surface area contributed by atoms with E-state index in [0.717, 1.165) is 27.9 Å². The number of anilines is 1. The van der Waals surface area contributed by atoms with Gasteiger partial charge in [0.2, 0.25) is 0 Å². The zero-order valence-electron chi connectivity index (χ0n) is 17.9. The molecule has 0 bridgehead atoms. The van der Waals surface area contributed by atoms with E-state index in [9.17, 15) is 4.79 Å². The van der Waals surface area contributed by atoms with E-state index >= 15 is 0 Å². The number of aryl methyl sites for hydroxylation is 1. The molecule has 6 nitrogen and oxygen atoms in total. The van der Waals surface area contributed by atoms with Crippen molar-refractivity contribution in [3.8, 4) is 11.5 Å². The van der Waals surface area contributed by atoms with Gasteiger partial charge in [-0.25, -0.2) is 0 Å². The number of amides is 1. The SMILES string of the molecule is COc1cc(C=NOCC(=O)Nc2cccc(C)c2C)ccc1OCc1ccccc1. The molecule has 3 rings (SSSR count). The Bertz CT molecular complexity index is 1050. The van der Waals surface area contributed by atoms with Gasteiger partial charge in [0.25, 0.3) is 5.91 Å². The van der Waals surface area contributed by atoms with Crippen molar-refractivity contribution in [3.63, 3.8) is 0 Å². The molecular formula is C25H26N2O4. The lowest BCUT2D eigenvalue weighted by atomic mass is 10.1. The summed E-state index contributed by atoms with van der Waals surface area (Å²) in [6.07, 6.45) is 1.52. The maximum absolute atomic E-state index is 12.1. The lowest BCUT2D eigenvalue weighted by Crippen LogP contribution is -2.17. The molecule has 0 atom stereocenters. The van der Waals surface area contributed by atoms with Crippen LogP contribution >= 0.6 is 0 Å². The van der Waals surface area contributed by atoms with Crippen molar-refractivity contribution >= 4 is 17.8 Å². The maximum Gasteiger partial charge on any atom is 0.265 e. The molecule has 0 heterocycles. The average molecular weight is 418 g/mol. The van der Waals surface area contributed by atoms with Crippen LogP contribution in [0.3, 0.4) is 0 Å². The van der Waals surface area contributed by atoms with Gasteiger partial charge >= 0.3 is 0 Å². The first-order chi connectivity index (χ1) is 15.1. The summed E-state index contributed by atoms with van der Waals surface area (Å²) in [6, 6.07) is 21.1. The molecule has 1 N–H and O–H groups in total. The smallest absolute Gasteiger partial charge is 0.265 e. The Kier molecular flexibility index (Phi) is 7.65. The first kappa shape index (κ1) is 21.9. The Morgan fingerprint density at radius 3 is 2.58 bits per heavy atom. The molecule has 0 aliphatic rings. The van der Waals surface area contributed by atoms with Crippen LogP contribution in [0.5, 0.6) is 11.5 Å². The van der Waals surface area contributed by atoms with Crippen molar-refractivity contribution in [2.75, 3.05) is 19.0 Å². The zero-order chi connectivity index (χ0) is 22.1. The molecule has 0 fully saturated rings. The fraction of sp³-hybridized carbons (Fsp3) is 0.200. The predicted octanol–water partition coefficient (Wildman–Crippen LogP) is 4.88. The van der Waals surface area contributed by atoms with Crippen LogP contribution in [0.4, 0.5) is 5.69 Å². The second kappa shape index (κ2) is 10.8. The standard InChI is InChI=1S/C25H26N2O4/c1-18-8-7-11-22(19(18)2)27-25(28)17-31-26-15-21-12-13-23(24(14-21)29-3)30-16-20-9-5-4-6-10-20/h4-15H,16-17H2,1-3H3,(H,27,28). The van der Waals surface area contributed by atoms with Crippen molar-refractivity contribution in [1.29, 1.82) is 0 Å². The number of methoxy groups -OCH3 is 1. The molecule has 6 heteroatoms. The summed E-state index contributed by atoms with van der Waals surface area (Å²) < 4.78 is 11.3. The van der Waals surface area contributed by atoms with Gasteiger partial charge in [0.15, 0.2) is 18.1 Å². The van der Waals surface area contributed by atoms with E-state index in [1.54, 1.807) is 13.2 Å². The van der Waals surface area contributed by atoms with Crippen molar-refractivity contribution in [2.24, 2.45) is 5.16 Å².